The summed E-state index contributed by atoms with van der Waals surface area (Å²) in [5, 5.41) is 10.1. The molecule has 1 saturated carbocycles. The zero-order chi connectivity index (χ0) is 19.0. The molecule has 0 bridgehead atoms. The van der Waals surface area contributed by atoms with Crippen LogP contribution in [0.25, 0.3) is 11.4 Å². The van der Waals surface area contributed by atoms with Crippen molar-refractivity contribution in [2.24, 2.45) is 0 Å². The summed E-state index contributed by atoms with van der Waals surface area (Å²) in [5.41, 5.74) is 1.59. The van der Waals surface area contributed by atoms with Gasteiger partial charge in [0.05, 0.1) is 5.69 Å². The van der Waals surface area contributed by atoms with E-state index in [1.54, 1.807) is 0 Å². The molecule has 3 aromatic rings. The van der Waals surface area contributed by atoms with E-state index in [1.165, 1.54) is 30.5 Å². The fourth-order valence-electron chi connectivity index (χ4n) is 2.90. The van der Waals surface area contributed by atoms with Gasteiger partial charge in [-0.2, -0.15) is 18.2 Å². The highest BCUT2D eigenvalue weighted by molar-refractivity contribution is 5.94. The highest BCUT2D eigenvalue weighted by Crippen LogP contribution is 2.36. The lowest BCUT2D eigenvalue weighted by atomic mass is 9.78. The van der Waals surface area contributed by atoms with Crippen LogP contribution >= 0.6 is 0 Å². The van der Waals surface area contributed by atoms with Crippen molar-refractivity contribution in [2.45, 2.75) is 31.0 Å². The van der Waals surface area contributed by atoms with Crippen LogP contribution in [0.4, 0.5) is 13.2 Å². The predicted octanol–water partition coefficient (Wildman–Crippen LogP) is 3.42. The molecule has 1 aliphatic carbocycles. The average Bonchev–Trinajstić information content (AvgIpc) is 3.28. The zero-order valence-corrected chi connectivity index (χ0v) is 13.7. The van der Waals surface area contributed by atoms with Crippen molar-refractivity contribution in [3.63, 3.8) is 0 Å². The lowest BCUT2D eigenvalue weighted by Crippen LogP contribution is -2.43. The molecule has 2 aromatic heterocycles. The van der Waals surface area contributed by atoms with Gasteiger partial charge in [0, 0.05) is 29.2 Å². The summed E-state index contributed by atoms with van der Waals surface area (Å²) >= 11 is 0. The molecule has 1 N–H and O–H groups in total. The van der Waals surface area contributed by atoms with E-state index in [4.69, 9.17) is 4.52 Å². The number of hydrogen-bond acceptors (Lipinski definition) is 6. The molecule has 0 unspecified atom stereocenters. The smallest absolute Gasteiger partial charge is 0.365 e. The van der Waals surface area contributed by atoms with Crippen molar-refractivity contribution >= 4 is 5.91 Å². The van der Waals surface area contributed by atoms with Gasteiger partial charge in [0.15, 0.2) is 0 Å². The average molecular weight is 378 g/mol. The van der Waals surface area contributed by atoms with E-state index in [1.807, 2.05) is 6.07 Å². The number of benzene rings is 1. The summed E-state index contributed by atoms with van der Waals surface area (Å²) in [5.74, 6) is -1.58. The topological polar surface area (TPSA) is 94.1 Å². The molecule has 0 saturated heterocycles. The van der Waals surface area contributed by atoms with Crippen molar-refractivity contribution in [2.75, 3.05) is 0 Å². The molecular weight excluding hydrogens is 365 g/mol. The van der Waals surface area contributed by atoms with E-state index in [2.05, 4.69) is 25.1 Å². The Labute approximate surface area is 150 Å². The maximum absolute atomic E-state index is 12.5. The largest absolute Gasteiger partial charge is 0.471 e. The summed E-state index contributed by atoms with van der Waals surface area (Å²) in [6, 6.07) is 7.80. The van der Waals surface area contributed by atoms with Gasteiger partial charge in [0.2, 0.25) is 5.82 Å². The van der Waals surface area contributed by atoms with Crippen LogP contribution in [0.2, 0.25) is 0 Å². The Kier molecular flexibility index (Phi) is 4.17. The fraction of sp³-hybridized carbons (Fsp3) is 0.294. The molecular formula is C17H13F3N4O3. The molecule has 7 nitrogen and oxygen atoms in total. The summed E-state index contributed by atoms with van der Waals surface area (Å²) in [6.45, 7) is 0. The van der Waals surface area contributed by atoms with E-state index < -0.39 is 12.1 Å². The van der Waals surface area contributed by atoms with Crippen molar-refractivity contribution in [3.05, 3.63) is 53.7 Å². The number of nitrogens with one attached hydrogen (secondary N) is 1. The second kappa shape index (κ2) is 6.53. The second-order valence-corrected chi connectivity index (χ2v) is 6.26. The van der Waals surface area contributed by atoms with E-state index in [0.29, 0.717) is 11.1 Å². The zero-order valence-electron chi connectivity index (χ0n) is 13.7. The Morgan fingerprint density at radius 3 is 2.44 bits per heavy atom. The van der Waals surface area contributed by atoms with Crippen LogP contribution in [-0.2, 0) is 6.18 Å². The Balaban J connectivity index is 1.36. The first kappa shape index (κ1) is 17.3. The van der Waals surface area contributed by atoms with Gasteiger partial charge < -0.3 is 14.4 Å². The van der Waals surface area contributed by atoms with Gasteiger partial charge in [-0.25, -0.2) is 0 Å². The predicted molar refractivity (Wildman–Crippen MR) is 84.5 cm³/mol. The Bertz CT molecular complexity index is 929. The van der Waals surface area contributed by atoms with Crippen molar-refractivity contribution in [1.29, 1.82) is 0 Å². The minimum Gasteiger partial charge on any atom is -0.365 e. The molecule has 2 heterocycles. The Hall–Kier alpha value is -3.17. The summed E-state index contributed by atoms with van der Waals surface area (Å²) in [4.78, 5) is 15.6. The maximum atomic E-state index is 12.5. The van der Waals surface area contributed by atoms with Gasteiger partial charge in [0.1, 0.15) is 6.26 Å². The van der Waals surface area contributed by atoms with E-state index >= 15 is 0 Å². The number of nitrogens with zero attached hydrogens (tertiary/aromatic N) is 3. The van der Waals surface area contributed by atoms with Gasteiger partial charge in [-0.3, -0.25) is 4.79 Å². The molecule has 0 radical (unpaired) electrons. The first-order valence-corrected chi connectivity index (χ1v) is 8.12. The number of rotatable bonds is 4. The normalized spacial score (nSPS) is 19.5. The minimum atomic E-state index is -4.70. The van der Waals surface area contributed by atoms with Gasteiger partial charge in [-0.15, -0.1) is 0 Å². The van der Waals surface area contributed by atoms with Gasteiger partial charge in [-0.05, 0) is 25.0 Å². The highest BCUT2D eigenvalue weighted by atomic mass is 19.4. The third kappa shape index (κ3) is 3.55. The summed E-state index contributed by atoms with van der Waals surface area (Å²) < 4.78 is 46.5. The van der Waals surface area contributed by atoms with Crippen molar-refractivity contribution < 1.29 is 27.0 Å². The number of hydrogen-bond donors (Lipinski definition) is 1. The second-order valence-electron chi connectivity index (χ2n) is 6.26. The van der Waals surface area contributed by atoms with Crippen LogP contribution in [0.15, 0.2) is 45.6 Å². The number of aromatic nitrogens is 3. The number of alkyl halides is 3. The van der Waals surface area contributed by atoms with Crippen LogP contribution < -0.4 is 5.32 Å². The molecule has 1 aromatic carbocycles. The number of amides is 1. The summed E-state index contributed by atoms with van der Waals surface area (Å²) in [7, 11) is 0. The molecule has 0 atom stereocenters. The van der Waals surface area contributed by atoms with Crippen LogP contribution in [0.1, 0.15) is 40.7 Å². The SMILES string of the molecule is O=C(NC1CC(c2ccon2)C1)c1ccc(-c2noc(C(F)(F)F)n2)cc1. The van der Waals surface area contributed by atoms with Crippen LogP contribution in [0.5, 0.6) is 0 Å². The van der Waals surface area contributed by atoms with E-state index in [-0.39, 0.29) is 23.7 Å². The highest BCUT2D eigenvalue weighted by Gasteiger charge is 2.38. The first-order valence-electron chi connectivity index (χ1n) is 8.12. The molecule has 10 heteroatoms. The Morgan fingerprint density at radius 2 is 1.85 bits per heavy atom. The fourth-order valence-corrected chi connectivity index (χ4v) is 2.90. The number of halogens is 3. The van der Waals surface area contributed by atoms with Crippen LogP contribution in [0.3, 0.4) is 0 Å². The maximum Gasteiger partial charge on any atom is 0.471 e. The lowest BCUT2D eigenvalue weighted by molar-refractivity contribution is -0.159. The molecule has 1 fully saturated rings. The molecule has 0 spiro atoms. The molecule has 4 rings (SSSR count). The molecule has 1 aliphatic rings. The third-order valence-electron chi connectivity index (χ3n) is 4.42. The first-order chi connectivity index (χ1) is 12.9. The van der Waals surface area contributed by atoms with E-state index in [0.717, 1.165) is 18.5 Å². The quantitative estimate of drug-likeness (QED) is 0.748. The molecule has 0 aliphatic heterocycles. The number of carbonyl (C=O) groups excluding carboxylic acids is 1. The van der Waals surface area contributed by atoms with E-state index in [9.17, 15) is 18.0 Å². The van der Waals surface area contributed by atoms with Crippen molar-refractivity contribution in [1.82, 2.24) is 20.6 Å². The minimum absolute atomic E-state index is 0.0467. The van der Waals surface area contributed by atoms with Gasteiger partial charge in [0.25, 0.3) is 5.91 Å². The Morgan fingerprint density at radius 1 is 1.11 bits per heavy atom. The molecule has 27 heavy (non-hydrogen) atoms. The molecule has 1 amide bonds. The third-order valence-corrected chi connectivity index (χ3v) is 4.42. The lowest BCUT2D eigenvalue weighted by Gasteiger charge is -2.34. The van der Waals surface area contributed by atoms with Gasteiger partial charge >= 0.3 is 12.1 Å². The van der Waals surface area contributed by atoms with Crippen molar-refractivity contribution in [3.8, 4) is 11.4 Å². The van der Waals surface area contributed by atoms with Gasteiger partial charge in [-0.1, -0.05) is 22.4 Å². The standard InChI is InChI=1S/C17H13F3N4O3/c18-17(19,20)16-22-14(24-27-16)9-1-3-10(4-2-9)15(25)21-12-7-11(8-12)13-5-6-26-23-13/h1-6,11-12H,7-8H2,(H,21,25). The summed E-state index contributed by atoms with van der Waals surface area (Å²) in [6.07, 6.45) is -1.62. The number of carbonyl (C=O) groups is 1. The van der Waals surface area contributed by atoms with Crippen LogP contribution in [-0.4, -0.2) is 27.2 Å². The molecule has 140 valence electrons. The van der Waals surface area contributed by atoms with Crippen LogP contribution in [0, 0.1) is 0 Å². The monoisotopic (exact) mass is 378 g/mol.